The van der Waals surface area contributed by atoms with Gasteiger partial charge in [-0.1, -0.05) is 25.0 Å². The van der Waals surface area contributed by atoms with Gasteiger partial charge < -0.3 is 19.1 Å². The summed E-state index contributed by atoms with van der Waals surface area (Å²) < 4.78 is 15.8. The van der Waals surface area contributed by atoms with E-state index in [1.807, 2.05) is 29.2 Å². The van der Waals surface area contributed by atoms with Gasteiger partial charge in [-0.3, -0.25) is 14.9 Å². The van der Waals surface area contributed by atoms with Crippen LogP contribution < -0.4 is 14.2 Å². The molecule has 4 rings (SSSR count). The van der Waals surface area contributed by atoms with Crippen molar-refractivity contribution in [2.45, 2.75) is 31.7 Å². The molecule has 0 aliphatic carbocycles. The van der Waals surface area contributed by atoms with Gasteiger partial charge in [0, 0.05) is 12.6 Å². The first-order valence-corrected chi connectivity index (χ1v) is 10.3. The number of fused-ring (bicyclic) bond motifs is 1. The summed E-state index contributed by atoms with van der Waals surface area (Å²) in [6.07, 6.45) is 6.79. The molecule has 0 radical (unpaired) electrons. The van der Waals surface area contributed by atoms with Gasteiger partial charge in [0.25, 0.3) is 5.69 Å². The van der Waals surface area contributed by atoms with Crippen molar-refractivity contribution in [2.24, 2.45) is 0 Å². The molecule has 2 aliphatic rings. The van der Waals surface area contributed by atoms with E-state index >= 15 is 0 Å². The molecule has 0 aromatic heterocycles. The van der Waals surface area contributed by atoms with Crippen LogP contribution in [0.2, 0.25) is 0 Å². The number of benzene rings is 2. The van der Waals surface area contributed by atoms with Gasteiger partial charge in [0.1, 0.15) is 5.75 Å². The molecule has 1 amide bonds. The number of nitro groups is 1. The molecule has 0 saturated carbocycles. The van der Waals surface area contributed by atoms with E-state index in [1.54, 1.807) is 7.11 Å². The number of ether oxygens (including phenoxy) is 3. The summed E-state index contributed by atoms with van der Waals surface area (Å²) >= 11 is 0. The molecule has 31 heavy (non-hydrogen) atoms. The van der Waals surface area contributed by atoms with E-state index < -0.39 is 4.92 Å². The first-order valence-electron chi connectivity index (χ1n) is 10.3. The van der Waals surface area contributed by atoms with Gasteiger partial charge in [0.15, 0.2) is 11.5 Å². The van der Waals surface area contributed by atoms with Crippen molar-refractivity contribution in [3.05, 3.63) is 63.7 Å². The van der Waals surface area contributed by atoms with Crippen LogP contribution in [0.4, 0.5) is 5.69 Å². The normalized spacial score (nSPS) is 18.1. The molecule has 2 heterocycles. The first-order chi connectivity index (χ1) is 15.1. The number of hydrogen-bond acceptors (Lipinski definition) is 6. The molecule has 2 aromatic carbocycles. The number of nitro benzene ring substituents is 1. The van der Waals surface area contributed by atoms with Gasteiger partial charge >= 0.3 is 0 Å². The number of carbonyl (C=O) groups excluding carboxylic acids is 1. The van der Waals surface area contributed by atoms with Crippen molar-refractivity contribution < 1.29 is 23.9 Å². The van der Waals surface area contributed by atoms with Crippen molar-refractivity contribution >= 4 is 17.7 Å². The van der Waals surface area contributed by atoms with E-state index in [2.05, 4.69) is 0 Å². The molecule has 0 N–H and O–H groups in total. The van der Waals surface area contributed by atoms with Crippen molar-refractivity contribution in [2.75, 3.05) is 20.4 Å². The summed E-state index contributed by atoms with van der Waals surface area (Å²) in [5.41, 5.74) is 1.23. The average molecular weight is 424 g/mol. The topological polar surface area (TPSA) is 91.1 Å². The summed E-state index contributed by atoms with van der Waals surface area (Å²) in [5.74, 6) is 1.37. The largest absolute Gasteiger partial charge is 0.497 e. The molecule has 1 atom stereocenters. The van der Waals surface area contributed by atoms with Crippen molar-refractivity contribution in [3.63, 3.8) is 0 Å². The minimum absolute atomic E-state index is 0.0237. The molecular weight excluding hydrogens is 400 g/mol. The molecular formula is C23H24N2O6. The van der Waals surface area contributed by atoms with Crippen LogP contribution in [0, 0.1) is 10.1 Å². The molecule has 0 spiro atoms. The van der Waals surface area contributed by atoms with Crippen LogP contribution in [-0.2, 0) is 4.79 Å². The van der Waals surface area contributed by atoms with Gasteiger partial charge in [0.05, 0.1) is 29.7 Å². The lowest BCUT2D eigenvalue weighted by Gasteiger charge is -2.29. The average Bonchev–Trinajstić information content (AvgIpc) is 3.10. The number of likely N-dealkylation sites (tertiary alicyclic amines) is 1. The van der Waals surface area contributed by atoms with Gasteiger partial charge in [0.2, 0.25) is 12.7 Å². The van der Waals surface area contributed by atoms with E-state index in [0.29, 0.717) is 23.6 Å². The standard InChI is InChI=1S/C23H24N2O6/c1-29-18-9-6-16(7-10-18)19-5-3-2-4-12-24(19)23(26)11-8-17-13-21-22(31-15-30-21)14-20(17)25(27)28/h6-11,13-14,19H,2-5,12,15H2,1H3/b11-8+/t19-/m0/s1. The Morgan fingerprint density at radius 2 is 1.90 bits per heavy atom. The zero-order valence-electron chi connectivity index (χ0n) is 17.3. The van der Waals surface area contributed by atoms with Crippen LogP contribution >= 0.6 is 0 Å². The number of amides is 1. The van der Waals surface area contributed by atoms with Crippen LogP contribution in [0.3, 0.4) is 0 Å². The first kappa shape index (κ1) is 20.7. The highest BCUT2D eigenvalue weighted by molar-refractivity contribution is 5.93. The SMILES string of the molecule is COc1ccc([C@@H]2CCCCCN2C(=O)/C=C/c2cc3c(cc2[N+](=O)[O-])OCO3)cc1. The maximum atomic E-state index is 13.1. The van der Waals surface area contributed by atoms with Gasteiger partial charge in [-0.15, -0.1) is 0 Å². The lowest BCUT2D eigenvalue weighted by atomic mass is 10.0. The second-order valence-electron chi connectivity index (χ2n) is 7.52. The Kier molecular flexibility index (Phi) is 6.06. The van der Waals surface area contributed by atoms with Crippen LogP contribution in [-0.4, -0.2) is 36.2 Å². The highest BCUT2D eigenvalue weighted by atomic mass is 16.7. The highest BCUT2D eigenvalue weighted by Crippen LogP contribution is 2.38. The number of methoxy groups -OCH3 is 1. The number of nitrogens with zero attached hydrogens (tertiary/aromatic N) is 2. The molecule has 0 unspecified atom stereocenters. The fourth-order valence-corrected chi connectivity index (χ4v) is 4.04. The van der Waals surface area contributed by atoms with Crippen LogP contribution in [0.1, 0.15) is 42.9 Å². The van der Waals surface area contributed by atoms with Crippen LogP contribution in [0.5, 0.6) is 17.2 Å². The summed E-state index contributed by atoms with van der Waals surface area (Å²) in [5, 5.41) is 11.5. The molecule has 1 fully saturated rings. The number of carbonyl (C=O) groups is 1. The highest BCUT2D eigenvalue weighted by Gasteiger charge is 2.26. The van der Waals surface area contributed by atoms with Crippen molar-refractivity contribution in [3.8, 4) is 17.2 Å². The molecule has 2 aliphatic heterocycles. The summed E-state index contributed by atoms with van der Waals surface area (Å²) in [7, 11) is 1.62. The Morgan fingerprint density at radius 1 is 1.16 bits per heavy atom. The lowest BCUT2D eigenvalue weighted by Crippen LogP contribution is -2.33. The fraction of sp³-hybridized carbons (Fsp3) is 0.348. The Balaban J connectivity index is 1.59. The Morgan fingerprint density at radius 3 is 2.61 bits per heavy atom. The van der Waals surface area contributed by atoms with Crippen LogP contribution in [0.25, 0.3) is 6.08 Å². The third-order valence-electron chi connectivity index (χ3n) is 5.66. The monoisotopic (exact) mass is 424 g/mol. The smallest absolute Gasteiger partial charge is 0.280 e. The minimum Gasteiger partial charge on any atom is -0.497 e. The Hall–Kier alpha value is -3.55. The number of rotatable bonds is 5. The Labute approximate surface area is 180 Å². The second kappa shape index (κ2) is 9.07. The zero-order chi connectivity index (χ0) is 21.8. The summed E-state index contributed by atoms with van der Waals surface area (Å²) in [4.78, 5) is 26.0. The lowest BCUT2D eigenvalue weighted by molar-refractivity contribution is -0.385. The van der Waals surface area contributed by atoms with E-state index in [4.69, 9.17) is 14.2 Å². The van der Waals surface area contributed by atoms with E-state index in [-0.39, 0.29) is 24.4 Å². The Bertz CT molecular complexity index is 1000. The molecule has 2 aromatic rings. The van der Waals surface area contributed by atoms with Gasteiger partial charge in [-0.2, -0.15) is 0 Å². The predicted octanol–water partition coefficient (Wildman–Crippen LogP) is 4.49. The molecule has 1 saturated heterocycles. The summed E-state index contributed by atoms with van der Waals surface area (Å²) in [6.45, 7) is 0.666. The minimum atomic E-state index is -0.488. The maximum absolute atomic E-state index is 13.1. The summed E-state index contributed by atoms with van der Waals surface area (Å²) in [6, 6.07) is 10.6. The third-order valence-corrected chi connectivity index (χ3v) is 5.66. The van der Waals surface area contributed by atoms with Crippen molar-refractivity contribution in [1.82, 2.24) is 4.90 Å². The number of hydrogen-bond donors (Lipinski definition) is 0. The maximum Gasteiger partial charge on any atom is 0.280 e. The third kappa shape index (κ3) is 4.47. The van der Waals surface area contributed by atoms with Crippen molar-refractivity contribution in [1.29, 1.82) is 0 Å². The van der Waals surface area contributed by atoms with Gasteiger partial charge in [-0.05, 0) is 42.7 Å². The van der Waals surface area contributed by atoms with E-state index in [0.717, 1.165) is 37.0 Å². The van der Waals surface area contributed by atoms with Crippen LogP contribution in [0.15, 0.2) is 42.5 Å². The predicted molar refractivity (Wildman–Crippen MR) is 114 cm³/mol. The van der Waals surface area contributed by atoms with E-state index in [9.17, 15) is 14.9 Å². The quantitative estimate of drug-likeness (QED) is 0.399. The van der Waals surface area contributed by atoms with Gasteiger partial charge in [-0.25, -0.2) is 0 Å². The zero-order valence-corrected chi connectivity index (χ0v) is 17.3. The second-order valence-corrected chi connectivity index (χ2v) is 7.52. The molecule has 8 nitrogen and oxygen atoms in total. The molecule has 162 valence electrons. The molecule has 8 heteroatoms. The fourth-order valence-electron chi connectivity index (χ4n) is 4.04. The molecule has 0 bridgehead atoms. The van der Waals surface area contributed by atoms with E-state index in [1.165, 1.54) is 24.3 Å².